The predicted molar refractivity (Wildman–Crippen MR) is 182 cm³/mol. The highest BCUT2D eigenvalue weighted by Gasteiger charge is 2.26. The summed E-state index contributed by atoms with van der Waals surface area (Å²) in [5.74, 6) is -0.199. The van der Waals surface area contributed by atoms with Crippen molar-refractivity contribution in [2.75, 3.05) is 44.0 Å². The Balaban J connectivity index is 1.17. The first kappa shape index (κ1) is 31.7. The highest BCUT2D eigenvalue weighted by Crippen LogP contribution is 2.36. The maximum atomic E-state index is 13.7. The summed E-state index contributed by atoms with van der Waals surface area (Å²) >= 11 is 0. The second-order valence-electron chi connectivity index (χ2n) is 12.5. The van der Waals surface area contributed by atoms with E-state index < -0.39 is 17.2 Å². The molecule has 1 amide bonds. The number of nitrogens with zero attached hydrogens (tertiary/aromatic N) is 4. The van der Waals surface area contributed by atoms with E-state index >= 15 is 0 Å². The summed E-state index contributed by atoms with van der Waals surface area (Å²) in [6, 6.07) is 13.1. The van der Waals surface area contributed by atoms with Gasteiger partial charge in [-0.2, -0.15) is 0 Å². The number of nitrogen functional groups attached to an aromatic ring is 1. The number of aromatic nitrogens is 4. The molecule has 12 heteroatoms. The molecule has 0 radical (unpaired) electrons. The van der Waals surface area contributed by atoms with Crippen LogP contribution in [0.1, 0.15) is 36.2 Å². The molecule has 2 fully saturated rings. The largest absolute Gasteiger partial charge is 0.383 e. The van der Waals surface area contributed by atoms with Crippen LogP contribution in [0.5, 0.6) is 0 Å². The number of halogens is 1. The summed E-state index contributed by atoms with van der Waals surface area (Å²) < 4.78 is 29.2. The summed E-state index contributed by atoms with van der Waals surface area (Å²) in [4.78, 5) is 36.1. The summed E-state index contributed by atoms with van der Waals surface area (Å²) in [6.07, 6.45) is 8.61. The topological polar surface area (TPSA) is 138 Å². The lowest BCUT2D eigenvalue weighted by atomic mass is 9.99. The van der Waals surface area contributed by atoms with Gasteiger partial charge in [0.15, 0.2) is 0 Å². The first-order chi connectivity index (χ1) is 23.4. The van der Waals surface area contributed by atoms with Crippen LogP contribution in [-0.2, 0) is 16.0 Å². The summed E-state index contributed by atoms with van der Waals surface area (Å²) in [5, 5.41) is 7.03. The number of hydrogen-bond acceptors (Lipinski definition) is 8. The zero-order valence-electron chi connectivity index (χ0n) is 26.7. The van der Waals surface area contributed by atoms with E-state index in [1.807, 2.05) is 22.9 Å². The van der Waals surface area contributed by atoms with Gasteiger partial charge in [-0.05, 0) is 61.1 Å². The van der Waals surface area contributed by atoms with Crippen LogP contribution in [0.3, 0.4) is 0 Å². The van der Waals surface area contributed by atoms with Crippen LogP contribution < -0.4 is 21.8 Å². The smallest absolute Gasteiger partial charge is 0.261 e. The minimum Gasteiger partial charge on any atom is -0.383 e. The van der Waals surface area contributed by atoms with Crippen LogP contribution in [0.2, 0.25) is 0 Å². The van der Waals surface area contributed by atoms with Crippen molar-refractivity contribution in [3.8, 4) is 22.3 Å². The number of pyridine rings is 1. The minimum absolute atomic E-state index is 0.00867. The lowest BCUT2D eigenvalue weighted by Crippen LogP contribution is -2.42. The monoisotopic (exact) mass is 651 g/mol. The van der Waals surface area contributed by atoms with Crippen molar-refractivity contribution >= 4 is 28.4 Å². The number of carbonyl (C=O) groups excluding carboxylic acids is 1. The molecule has 2 saturated heterocycles. The minimum atomic E-state index is -0.526. The Morgan fingerprint density at radius 3 is 2.48 bits per heavy atom. The van der Waals surface area contributed by atoms with Crippen molar-refractivity contribution in [3.63, 3.8) is 0 Å². The van der Waals surface area contributed by atoms with Gasteiger partial charge in [0.1, 0.15) is 29.2 Å². The maximum Gasteiger partial charge on any atom is 0.261 e. The molecule has 0 spiro atoms. The molecule has 4 N–H and O–H groups in total. The molecule has 2 aliphatic heterocycles. The molecule has 48 heavy (non-hydrogen) atoms. The molecule has 0 aliphatic carbocycles. The second kappa shape index (κ2) is 13.7. The Morgan fingerprint density at radius 1 is 1.02 bits per heavy atom. The number of ether oxygens (including phenoxy) is 2. The Morgan fingerprint density at radius 2 is 1.75 bits per heavy atom. The van der Waals surface area contributed by atoms with Crippen molar-refractivity contribution in [1.82, 2.24) is 24.4 Å². The van der Waals surface area contributed by atoms with Crippen LogP contribution >= 0.6 is 0 Å². The summed E-state index contributed by atoms with van der Waals surface area (Å²) in [5.41, 5.74) is 9.81. The number of nitrogens with two attached hydrogens (primary N) is 1. The van der Waals surface area contributed by atoms with Crippen molar-refractivity contribution in [3.05, 3.63) is 95.1 Å². The molecule has 2 unspecified atom stereocenters. The van der Waals surface area contributed by atoms with E-state index in [-0.39, 0.29) is 17.7 Å². The lowest BCUT2D eigenvalue weighted by molar-refractivity contribution is 0.000496. The molecule has 3 aromatic heterocycles. The van der Waals surface area contributed by atoms with Gasteiger partial charge in [0.05, 0.1) is 24.1 Å². The summed E-state index contributed by atoms with van der Waals surface area (Å²) in [7, 11) is 0. The van der Waals surface area contributed by atoms with E-state index in [9.17, 15) is 14.0 Å². The molecule has 5 heterocycles. The standard InChI is InChI=1S/C36H38FN7O4/c1-22(31-16-39-12-15-48-31)44-20-28(32-34(38)40-21-41-35(32)44)24-4-8-27(9-5-24)42-36(46)30-19-43(17-23-10-13-47-14-11-23)18-29(33(30)45)25-2-6-26(37)7-3-25/h2-9,18-23,31,39H,10-17H2,1H3,(H,42,46)(H2,38,40,41). The number of carbonyl (C=O) groups is 1. The van der Waals surface area contributed by atoms with Gasteiger partial charge in [-0.25, -0.2) is 14.4 Å². The van der Waals surface area contributed by atoms with Crippen molar-refractivity contribution in [2.24, 2.45) is 5.92 Å². The second-order valence-corrected chi connectivity index (χ2v) is 12.5. The van der Waals surface area contributed by atoms with Gasteiger partial charge in [0.25, 0.3) is 5.91 Å². The van der Waals surface area contributed by atoms with Gasteiger partial charge in [0, 0.05) is 68.3 Å². The van der Waals surface area contributed by atoms with Crippen molar-refractivity contribution in [1.29, 1.82) is 0 Å². The van der Waals surface area contributed by atoms with Gasteiger partial charge in [-0.15, -0.1) is 0 Å². The molecule has 2 atom stereocenters. The number of hydrogen-bond donors (Lipinski definition) is 3. The van der Waals surface area contributed by atoms with Gasteiger partial charge in [0.2, 0.25) is 5.43 Å². The Labute approximate surface area is 276 Å². The van der Waals surface area contributed by atoms with Crippen molar-refractivity contribution in [2.45, 2.75) is 38.5 Å². The molecule has 7 rings (SSSR count). The predicted octanol–water partition coefficient (Wildman–Crippen LogP) is 4.88. The average molecular weight is 652 g/mol. The first-order valence-corrected chi connectivity index (χ1v) is 16.3. The van der Waals surface area contributed by atoms with E-state index in [4.69, 9.17) is 15.2 Å². The van der Waals surface area contributed by atoms with E-state index in [1.54, 1.807) is 36.7 Å². The van der Waals surface area contributed by atoms with Crippen LogP contribution in [0.15, 0.2) is 78.2 Å². The van der Waals surface area contributed by atoms with Crippen LogP contribution in [0, 0.1) is 11.7 Å². The SMILES string of the molecule is CC(C1CNCCO1)n1cc(-c2ccc(NC(=O)c3cn(CC4CCOCC4)cc(-c4ccc(F)cc4)c3=O)cc2)c2c(N)ncnc21. The third kappa shape index (κ3) is 6.46. The number of rotatable bonds is 8. The number of benzene rings is 2. The molecule has 248 valence electrons. The Bertz CT molecular complexity index is 1980. The lowest BCUT2D eigenvalue weighted by Gasteiger charge is -2.29. The number of amides is 1. The van der Waals surface area contributed by atoms with Crippen LogP contribution in [0.4, 0.5) is 15.9 Å². The molecule has 5 aromatic rings. The highest BCUT2D eigenvalue weighted by molar-refractivity contribution is 6.05. The Hall–Kier alpha value is -4.91. The number of morpholine rings is 1. The van der Waals surface area contributed by atoms with Gasteiger partial charge < -0.3 is 35.0 Å². The van der Waals surface area contributed by atoms with E-state index in [1.165, 1.54) is 18.5 Å². The molecular weight excluding hydrogens is 613 g/mol. The maximum absolute atomic E-state index is 13.7. The van der Waals surface area contributed by atoms with Crippen LogP contribution in [0.25, 0.3) is 33.3 Å². The third-order valence-electron chi connectivity index (χ3n) is 9.31. The molecule has 0 saturated carbocycles. The number of fused-ring (bicyclic) bond motifs is 1. The van der Waals surface area contributed by atoms with Gasteiger partial charge in [-0.3, -0.25) is 9.59 Å². The van der Waals surface area contributed by atoms with Gasteiger partial charge in [-0.1, -0.05) is 24.3 Å². The van der Waals surface area contributed by atoms with Crippen molar-refractivity contribution < 1.29 is 18.7 Å². The fourth-order valence-corrected chi connectivity index (χ4v) is 6.60. The quantitative estimate of drug-likeness (QED) is 0.216. The number of anilines is 2. The van der Waals surface area contributed by atoms with Gasteiger partial charge >= 0.3 is 0 Å². The van der Waals surface area contributed by atoms with E-state index in [0.29, 0.717) is 54.9 Å². The zero-order chi connectivity index (χ0) is 33.2. The van der Waals surface area contributed by atoms with E-state index in [0.717, 1.165) is 48.1 Å². The van der Waals surface area contributed by atoms with E-state index in [2.05, 4.69) is 32.1 Å². The normalized spacial score (nSPS) is 17.8. The first-order valence-electron chi connectivity index (χ1n) is 16.3. The fourth-order valence-electron chi connectivity index (χ4n) is 6.60. The Kier molecular flexibility index (Phi) is 9.02. The average Bonchev–Trinajstić information content (AvgIpc) is 3.51. The molecule has 0 bridgehead atoms. The summed E-state index contributed by atoms with van der Waals surface area (Å²) in [6.45, 7) is 6.31. The molecule has 11 nitrogen and oxygen atoms in total. The zero-order valence-corrected chi connectivity index (χ0v) is 26.7. The van der Waals surface area contributed by atoms with Crippen LogP contribution in [-0.4, -0.2) is 64.0 Å². The molecule has 2 aliphatic rings. The fraction of sp³-hybridized carbons (Fsp3) is 0.333. The molecule has 2 aromatic carbocycles. The highest BCUT2D eigenvalue weighted by atomic mass is 19.1. The molecular formula is C36H38FN7O4. The number of nitrogens with one attached hydrogen (secondary N) is 2. The third-order valence-corrected chi connectivity index (χ3v) is 9.31.